The fourth-order valence-electron chi connectivity index (χ4n) is 5.69. The lowest BCUT2D eigenvalue weighted by Gasteiger charge is -2.40. The summed E-state index contributed by atoms with van der Waals surface area (Å²) in [5.41, 5.74) is 3.15. The third kappa shape index (κ3) is 3.84. The summed E-state index contributed by atoms with van der Waals surface area (Å²) in [5.74, 6) is 7.39. The number of hydrogen-bond donors (Lipinski definition) is 1. The number of nitrogens with two attached hydrogens (primary N) is 1. The molecule has 10 nitrogen and oxygen atoms in total. The van der Waals surface area contributed by atoms with Crippen LogP contribution < -0.4 is 34.7 Å². The largest absolute Gasteiger partial charge is 0.493 e. The van der Waals surface area contributed by atoms with Gasteiger partial charge in [-0.3, -0.25) is 4.79 Å². The van der Waals surface area contributed by atoms with Crippen molar-refractivity contribution < 1.29 is 38.1 Å². The number of benzene rings is 3. The molecule has 38 heavy (non-hydrogen) atoms. The highest BCUT2D eigenvalue weighted by atomic mass is 16.7. The third-order valence-electron chi connectivity index (χ3n) is 7.40. The fourth-order valence-corrected chi connectivity index (χ4v) is 5.69. The summed E-state index contributed by atoms with van der Waals surface area (Å²) in [6.45, 7) is 0.298. The Bertz CT molecular complexity index is 1340. The number of nitrogens with zero attached hydrogens (tertiary/aromatic N) is 1. The van der Waals surface area contributed by atoms with Crippen LogP contribution in [0.2, 0.25) is 0 Å². The van der Waals surface area contributed by atoms with Gasteiger partial charge in [0.1, 0.15) is 6.10 Å². The van der Waals surface area contributed by atoms with Crippen LogP contribution in [0.15, 0.2) is 54.6 Å². The predicted molar refractivity (Wildman–Crippen MR) is 135 cm³/mol. The van der Waals surface area contributed by atoms with Crippen LogP contribution in [-0.2, 0) is 14.4 Å². The highest BCUT2D eigenvalue weighted by Gasteiger charge is 2.54. The van der Waals surface area contributed by atoms with Crippen LogP contribution in [0.1, 0.15) is 28.7 Å². The zero-order valence-electron chi connectivity index (χ0n) is 21.2. The lowest BCUT2D eigenvalue weighted by atomic mass is 9.66. The second kappa shape index (κ2) is 9.62. The molecule has 0 amide bonds. The Morgan fingerprint density at radius 1 is 0.868 bits per heavy atom. The van der Waals surface area contributed by atoms with Crippen molar-refractivity contribution >= 4 is 11.7 Å². The average molecular weight is 521 g/mol. The van der Waals surface area contributed by atoms with Gasteiger partial charge in [-0.1, -0.05) is 18.2 Å². The van der Waals surface area contributed by atoms with Crippen molar-refractivity contribution in [1.29, 1.82) is 0 Å². The van der Waals surface area contributed by atoms with Gasteiger partial charge in [0.2, 0.25) is 12.5 Å². The first-order chi connectivity index (χ1) is 18.5. The van der Waals surface area contributed by atoms with Crippen LogP contribution in [-0.4, -0.2) is 40.7 Å². The van der Waals surface area contributed by atoms with Crippen LogP contribution in [0.3, 0.4) is 0 Å². The second-order valence-corrected chi connectivity index (χ2v) is 9.28. The van der Waals surface area contributed by atoms with Gasteiger partial charge < -0.3 is 28.4 Å². The van der Waals surface area contributed by atoms with Gasteiger partial charge in [0.25, 0.3) is 0 Å². The van der Waals surface area contributed by atoms with Crippen molar-refractivity contribution in [3.05, 3.63) is 71.3 Å². The van der Waals surface area contributed by atoms with Gasteiger partial charge in [0.15, 0.2) is 23.0 Å². The maximum absolute atomic E-state index is 13.3. The summed E-state index contributed by atoms with van der Waals surface area (Å²) < 4.78 is 33.8. The smallest absolute Gasteiger partial charge is 0.310 e. The van der Waals surface area contributed by atoms with Crippen LogP contribution in [0.25, 0.3) is 0 Å². The van der Waals surface area contributed by atoms with E-state index in [0.29, 0.717) is 34.4 Å². The van der Waals surface area contributed by atoms with E-state index in [1.807, 2.05) is 54.6 Å². The molecule has 3 aromatic rings. The van der Waals surface area contributed by atoms with Crippen LogP contribution >= 0.6 is 0 Å². The minimum atomic E-state index is -0.584. The van der Waals surface area contributed by atoms with Crippen molar-refractivity contribution in [2.75, 3.05) is 39.9 Å². The number of rotatable bonds is 7. The Kier molecular flexibility index (Phi) is 6.13. The number of ether oxygens (including phenoxy) is 6. The van der Waals surface area contributed by atoms with Crippen LogP contribution in [0.4, 0.5) is 5.69 Å². The average Bonchev–Trinajstić information content (AvgIpc) is 3.57. The number of fused-ring (bicyclic) bond motifs is 3. The van der Waals surface area contributed by atoms with Gasteiger partial charge in [0.05, 0.1) is 39.5 Å². The SMILES string of the molecule is COc1cc([C@@H]2c3cc4c(cc3[C@H](ON(N)c3ccccc3)[C@H]3COC(=O)[C@H]23)OCO4)cc(OC)c1OC. The van der Waals surface area contributed by atoms with Gasteiger partial charge in [0, 0.05) is 11.8 Å². The quantitative estimate of drug-likeness (QED) is 0.281. The zero-order chi connectivity index (χ0) is 26.4. The molecule has 3 aromatic carbocycles. The molecule has 2 aliphatic heterocycles. The predicted octanol–water partition coefficient (Wildman–Crippen LogP) is 3.73. The molecule has 6 rings (SSSR count). The van der Waals surface area contributed by atoms with E-state index in [-0.39, 0.29) is 25.3 Å². The molecule has 0 saturated carbocycles. The molecule has 0 radical (unpaired) electrons. The Labute approximate surface area is 219 Å². The van der Waals surface area contributed by atoms with E-state index in [4.69, 9.17) is 39.1 Å². The molecule has 3 aliphatic rings. The summed E-state index contributed by atoms with van der Waals surface area (Å²) in [7, 11) is 4.67. The van der Waals surface area contributed by atoms with Crippen LogP contribution in [0.5, 0.6) is 28.7 Å². The molecule has 198 valence electrons. The molecule has 0 bridgehead atoms. The van der Waals surface area contributed by atoms with Gasteiger partial charge in [-0.25, -0.2) is 10.7 Å². The van der Waals surface area contributed by atoms with E-state index in [1.54, 1.807) is 21.3 Å². The number of esters is 1. The van der Waals surface area contributed by atoms with Crippen molar-refractivity contribution in [2.24, 2.45) is 17.7 Å². The van der Waals surface area contributed by atoms with E-state index >= 15 is 0 Å². The van der Waals surface area contributed by atoms with Gasteiger partial charge in [-0.2, -0.15) is 5.17 Å². The number of carbonyl (C=O) groups is 1. The summed E-state index contributed by atoms with van der Waals surface area (Å²) in [5, 5.41) is 1.23. The van der Waals surface area contributed by atoms with Crippen LogP contribution in [0, 0.1) is 11.8 Å². The number of methoxy groups -OCH3 is 3. The number of cyclic esters (lactones) is 1. The minimum Gasteiger partial charge on any atom is -0.493 e. The van der Waals surface area contributed by atoms with E-state index in [0.717, 1.165) is 16.7 Å². The molecular formula is C28H28N2O8. The molecule has 2 N–H and O–H groups in total. The number of hydrazine groups is 1. The molecule has 10 heteroatoms. The van der Waals surface area contributed by atoms with Crippen molar-refractivity contribution in [3.8, 4) is 28.7 Å². The van der Waals surface area contributed by atoms with E-state index in [1.165, 1.54) is 5.17 Å². The first kappa shape index (κ1) is 24.2. The number of para-hydroxylation sites is 1. The summed E-state index contributed by atoms with van der Waals surface area (Å²) in [6.07, 6.45) is -0.584. The number of hydrogen-bond acceptors (Lipinski definition) is 10. The van der Waals surface area contributed by atoms with Crippen molar-refractivity contribution in [2.45, 2.75) is 12.0 Å². The zero-order valence-corrected chi connectivity index (χ0v) is 21.2. The maximum Gasteiger partial charge on any atom is 0.310 e. The Balaban J connectivity index is 1.52. The van der Waals surface area contributed by atoms with E-state index in [9.17, 15) is 4.79 Å². The normalized spacial score (nSPS) is 22.8. The molecular weight excluding hydrogens is 492 g/mol. The summed E-state index contributed by atoms with van der Waals surface area (Å²) in [6, 6.07) is 16.9. The lowest BCUT2D eigenvalue weighted by Crippen LogP contribution is -2.41. The Morgan fingerprint density at radius 2 is 1.53 bits per heavy atom. The number of carbonyl (C=O) groups excluding carboxylic acids is 1. The standard InChI is InChI=1S/C28H28N2O8/c1-32-22-9-15(10-23(33-2)27(22)34-3)24-17-11-20-21(37-14-36-20)12-18(17)26(19-13-35-28(31)25(19)24)38-30(29)16-7-5-4-6-8-16/h4-12,19,24-26H,13-14,29H2,1-3H3/t19-,24+,25-,26-/m0/s1. The topological polar surface area (TPSA) is 111 Å². The molecule has 4 atom stereocenters. The summed E-state index contributed by atoms with van der Waals surface area (Å²) >= 11 is 0. The molecule has 0 spiro atoms. The Hall–Kier alpha value is -4.15. The van der Waals surface area contributed by atoms with Gasteiger partial charge in [-0.15, -0.1) is 0 Å². The molecule has 1 aliphatic carbocycles. The Morgan fingerprint density at radius 3 is 2.16 bits per heavy atom. The lowest BCUT2D eigenvalue weighted by molar-refractivity contribution is -0.141. The molecule has 0 unspecified atom stereocenters. The molecule has 1 saturated heterocycles. The monoisotopic (exact) mass is 520 g/mol. The summed E-state index contributed by atoms with van der Waals surface area (Å²) in [4.78, 5) is 19.7. The molecule has 1 fully saturated rings. The first-order valence-corrected chi connectivity index (χ1v) is 12.2. The molecule has 0 aromatic heterocycles. The highest BCUT2D eigenvalue weighted by molar-refractivity contribution is 5.79. The van der Waals surface area contributed by atoms with E-state index in [2.05, 4.69) is 0 Å². The van der Waals surface area contributed by atoms with Crippen molar-refractivity contribution in [3.63, 3.8) is 0 Å². The van der Waals surface area contributed by atoms with E-state index < -0.39 is 17.9 Å². The van der Waals surface area contributed by atoms with Gasteiger partial charge in [-0.05, 0) is 53.1 Å². The third-order valence-corrected chi connectivity index (χ3v) is 7.40. The van der Waals surface area contributed by atoms with Gasteiger partial charge >= 0.3 is 5.97 Å². The van der Waals surface area contributed by atoms with Crippen molar-refractivity contribution in [1.82, 2.24) is 0 Å². The minimum absolute atomic E-state index is 0.112. The first-order valence-electron chi connectivity index (χ1n) is 12.2. The second-order valence-electron chi connectivity index (χ2n) is 9.28. The molecule has 2 heterocycles. The number of anilines is 1. The fraction of sp³-hybridized carbons (Fsp3) is 0.321. The highest BCUT2D eigenvalue weighted by Crippen LogP contribution is 2.56. The maximum atomic E-state index is 13.3.